The lowest BCUT2D eigenvalue weighted by molar-refractivity contribution is 0.175. The lowest BCUT2D eigenvalue weighted by Crippen LogP contribution is -2.29. The van der Waals surface area contributed by atoms with E-state index in [4.69, 9.17) is 16.6 Å². The molecule has 2 aliphatic rings. The van der Waals surface area contributed by atoms with Crippen LogP contribution in [-0.2, 0) is 0 Å². The van der Waals surface area contributed by atoms with Gasteiger partial charge in [-0.1, -0.05) is 49.0 Å². The Morgan fingerprint density at radius 3 is 2.43 bits per heavy atom. The number of thioether (sulfide) groups is 2. The largest absolute Gasteiger partial charge is 0.242 e. The molecule has 0 spiro atoms. The molecule has 3 unspecified atom stereocenters. The highest BCUT2D eigenvalue weighted by Gasteiger charge is 2.32. The molecule has 0 bridgehead atoms. The Morgan fingerprint density at radius 2 is 1.67 bits per heavy atom. The molecule has 158 valence electrons. The molecule has 2 aromatic rings. The molecule has 0 N–H and O–H groups in total. The minimum absolute atomic E-state index is 0.206. The highest BCUT2D eigenvalue weighted by atomic mass is 35.5. The average molecular weight is 460 g/mol. The molecule has 0 amide bonds. The first kappa shape index (κ1) is 22.0. The molecule has 0 aliphatic heterocycles. The molecule has 0 heterocycles. The van der Waals surface area contributed by atoms with Gasteiger partial charge in [-0.05, 0) is 91.1 Å². The zero-order chi connectivity index (χ0) is 20.8. The lowest BCUT2D eigenvalue weighted by atomic mass is 9.71. The Balaban J connectivity index is 1.46. The fourth-order valence-corrected chi connectivity index (χ4v) is 6.64. The van der Waals surface area contributed by atoms with Gasteiger partial charge in [0.15, 0.2) is 0 Å². The maximum atomic E-state index is 13.1. The van der Waals surface area contributed by atoms with Gasteiger partial charge in [0.1, 0.15) is 5.82 Å². The van der Waals surface area contributed by atoms with Crippen LogP contribution in [0.2, 0.25) is 5.02 Å². The predicted octanol–water partition coefficient (Wildman–Crippen LogP) is 8.91. The molecule has 2 saturated carbocycles. The molecule has 5 heteroatoms. The van der Waals surface area contributed by atoms with E-state index >= 15 is 0 Å². The number of aliphatic imine (C=N–C) groups is 1. The van der Waals surface area contributed by atoms with Gasteiger partial charge >= 0.3 is 0 Å². The Bertz CT molecular complexity index is 879. The van der Waals surface area contributed by atoms with Crippen LogP contribution in [0.5, 0.6) is 0 Å². The van der Waals surface area contributed by atoms with E-state index in [9.17, 15) is 4.39 Å². The Labute approximate surface area is 192 Å². The van der Waals surface area contributed by atoms with Crippen molar-refractivity contribution < 1.29 is 4.39 Å². The van der Waals surface area contributed by atoms with Gasteiger partial charge in [0.25, 0.3) is 0 Å². The van der Waals surface area contributed by atoms with Gasteiger partial charge in [-0.25, -0.2) is 9.38 Å². The van der Waals surface area contributed by atoms with E-state index < -0.39 is 0 Å². The molecule has 3 atom stereocenters. The number of benzene rings is 2. The minimum Gasteiger partial charge on any atom is -0.242 e. The maximum Gasteiger partial charge on any atom is 0.123 e. The van der Waals surface area contributed by atoms with Crippen molar-refractivity contribution in [2.45, 2.75) is 55.1 Å². The highest BCUT2D eigenvalue weighted by molar-refractivity contribution is 8.15. The van der Waals surface area contributed by atoms with Crippen molar-refractivity contribution in [3.63, 3.8) is 0 Å². The van der Waals surface area contributed by atoms with Crippen LogP contribution in [0.4, 0.5) is 10.1 Å². The molecule has 1 nitrogen and oxygen atoms in total. The molecule has 0 aromatic heterocycles. The summed E-state index contributed by atoms with van der Waals surface area (Å²) in [6, 6.07) is 14.3. The second kappa shape index (κ2) is 10.9. The summed E-state index contributed by atoms with van der Waals surface area (Å²) >= 11 is 9.54. The minimum atomic E-state index is -0.206. The van der Waals surface area contributed by atoms with Crippen molar-refractivity contribution >= 4 is 45.9 Å². The summed E-state index contributed by atoms with van der Waals surface area (Å²) in [6.07, 6.45) is 11.7. The van der Waals surface area contributed by atoms with Gasteiger partial charge in [-0.15, -0.1) is 11.8 Å². The van der Waals surface area contributed by atoms with Gasteiger partial charge in [0.2, 0.25) is 0 Å². The third-order valence-electron chi connectivity index (χ3n) is 6.07. The fraction of sp³-hybridized carbons (Fsp3) is 0.400. The molecule has 0 radical (unpaired) electrons. The van der Waals surface area contributed by atoms with E-state index in [2.05, 4.69) is 11.5 Å². The van der Waals surface area contributed by atoms with E-state index in [0.717, 1.165) is 32.5 Å². The van der Waals surface area contributed by atoms with Gasteiger partial charge in [-0.3, -0.25) is 0 Å². The normalized spacial score (nSPS) is 24.7. The smallest absolute Gasteiger partial charge is 0.123 e. The number of nitrogens with zero attached hydrogens (tertiary/aromatic N) is 1. The second-order valence-corrected chi connectivity index (χ2v) is 10.9. The van der Waals surface area contributed by atoms with E-state index in [1.165, 1.54) is 57.1 Å². The van der Waals surface area contributed by atoms with Gasteiger partial charge in [0.05, 0.1) is 10.7 Å². The van der Waals surface area contributed by atoms with Crippen LogP contribution < -0.4 is 0 Å². The molecule has 2 aromatic carbocycles. The third kappa shape index (κ3) is 6.38. The van der Waals surface area contributed by atoms with Crippen molar-refractivity contribution in [3.05, 3.63) is 70.9 Å². The highest BCUT2D eigenvalue weighted by Crippen LogP contribution is 2.44. The number of fused-ring (bicyclic) bond motifs is 1. The van der Waals surface area contributed by atoms with E-state index in [0.29, 0.717) is 5.25 Å². The van der Waals surface area contributed by atoms with Gasteiger partial charge in [-0.2, -0.15) is 0 Å². The standard InChI is InChI=1S/C25H27ClFNS2/c26-20-6-10-22(11-7-20)28-25(15-16-29-23-13-8-21(27)9-14-23)30-24-12-5-18-3-1-2-4-19(18)17-24/h6-11,13-16,18-19,24H,1-5,12,17H2. The summed E-state index contributed by atoms with van der Waals surface area (Å²) in [7, 11) is 0. The summed E-state index contributed by atoms with van der Waals surface area (Å²) in [5, 5.41) is 4.45. The summed E-state index contributed by atoms with van der Waals surface area (Å²) in [4.78, 5) is 5.92. The van der Waals surface area contributed by atoms with Crippen molar-refractivity contribution in [1.82, 2.24) is 0 Å². The summed E-state index contributed by atoms with van der Waals surface area (Å²) in [6.45, 7) is 0. The number of halogens is 2. The van der Waals surface area contributed by atoms with E-state index in [-0.39, 0.29) is 5.82 Å². The first-order chi connectivity index (χ1) is 14.7. The van der Waals surface area contributed by atoms with E-state index in [1.54, 1.807) is 23.9 Å². The zero-order valence-corrected chi connectivity index (χ0v) is 19.4. The summed E-state index contributed by atoms with van der Waals surface area (Å²) < 4.78 is 13.1. The van der Waals surface area contributed by atoms with Crippen molar-refractivity contribution in [2.24, 2.45) is 16.8 Å². The van der Waals surface area contributed by atoms with Crippen LogP contribution in [-0.4, -0.2) is 10.3 Å². The van der Waals surface area contributed by atoms with Crippen LogP contribution in [0.3, 0.4) is 0 Å². The maximum absolute atomic E-state index is 13.1. The van der Waals surface area contributed by atoms with Crippen LogP contribution in [0.1, 0.15) is 44.9 Å². The Hall–Kier alpha value is -1.23. The first-order valence-corrected chi connectivity index (χ1v) is 12.9. The van der Waals surface area contributed by atoms with E-state index in [1.807, 2.05) is 36.0 Å². The Morgan fingerprint density at radius 1 is 0.933 bits per heavy atom. The third-order valence-corrected chi connectivity index (χ3v) is 8.37. The topological polar surface area (TPSA) is 12.4 Å². The van der Waals surface area contributed by atoms with Gasteiger partial charge < -0.3 is 0 Å². The monoisotopic (exact) mass is 459 g/mol. The molecule has 30 heavy (non-hydrogen) atoms. The number of hydrogen-bond acceptors (Lipinski definition) is 3. The molecule has 2 fully saturated rings. The first-order valence-electron chi connectivity index (χ1n) is 10.8. The lowest BCUT2D eigenvalue weighted by Gasteiger charge is -2.39. The second-order valence-electron chi connectivity index (χ2n) is 8.16. The van der Waals surface area contributed by atoms with Crippen molar-refractivity contribution in [2.75, 3.05) is 0 Å². The predicted molar refractivity (Wildman–Crippen MR) is 131 cm³/mol. The average Bonchev–Trinajstić information content (AvgIpc) is 2.76. The summed E-state index contributed by atoms with van der Waals surface area (Å²) in [5.41, 5.74) is 0.921. The number of hydrogen-bond donors (Lipinski definition) is 0. The van der Waals surface area contributed by atoms with Crippen LogP contribution in [0.25, 0.3) is 0 Å². The molecular formula is C25H27ClFNS2. The number of rotatable bonds is 5. The molecule has 4 rings (SSSR count). The SMILES string of the molecule is Fc1ccc(SC=CC(=Nc2ccc(Cl)cc2)SC2CCC3CCCCC3C2)cc1. The quantitative estimate of drug-likeness (QED) is 0.251. The fourth-order valence-electron chi connectivity index (χ4n) is 4.54. The van der Waals surface area contributed by atoms with Crippen molar-refractivity contribution in [3.8, 4) is 0 Å². The van der Waals surface area contributed by atoms with Crippen LogP contribution in [0, 0.1) is 17.7 Å². The van der Waals surface area contributed by atoms with Gasteiger partial charge in [0, 0.05) is 15.2 Å². The molecule has 2 aliphatic carbocycles. The van der Waals surface area contributed by atoms with Crippen LogP contribution in [0.15, 0.2) is 69.9 Å². The Kier molecular flexibility index (Phi) is 7.97. The zero-order valence-electron chi connectivity index (χ0n) is 17.0. The molecule has 0 saturated heterocycles. The van der Waals surface area contributed by atoms with Crippen molar-refractivity contribution in [1.29, 1.82) is 0 Å². The molecular weight excluding hydrogens is 433 g/mol. The van der Waals surface area contributed by atoms with Crippen LogP contribution >= 0.6 is 35.1 Å². The summed E-state index contributed by atoms with van der Waals surface area (Å²) in [5.74, 6) is 1.65.